The lowest BCUT2D eigenvalue weighted by molar-refractivity contribution is -0.118. The van der Waals surface area contributed by atoms with Crippen LogP contribution >= 0.6 is 0 Å². The minimum absolute atomic E-state index is 0.217. The van der Waals surface area contributed by atoms with Gasteiger partial charge in [-0.2, -0.15) is 4.98 Å². The standard InChI is InChI=1S/C15H26N2O4/c1-5-20-15(6-8-19-9-7-15)13-16-12(21-17-13)10-11(18)14(2,3)4/h11,18H,5-10H2,1-4H3. The van der Waals surface area contributed by atoms with Crippen molar-refractivity contribution in [3.63, 3.8) is 0 Å². The summed E-state index contributed by atoms with van der Waals surface area (Å²) < 4.78 is 16.6. The van der Waals surface area contributed by atoms with E-state index in [4.69, 9.17) is 14.0 Å². The summed E-state index contributed by atoms with van der Waals surface area (Å²) in [5, 5.41) is 14.2. The molecule has 1 atom stereocenters. The highest BCUT2D eigenvalue weighted by Crippen LogP contribution is 2.34. The summed E-state index contributed by atoms with van der Waals surface area (Å²) in [5.74, 6) is 1.03. The summed E-state index contributed by atoms with van der Waals surface area (Å²) in [6.45, 7) is 9.76. The van der Waals surface area contributed by atoms with Crippen LogP contribution in [0, 0.1) is 5.41 Å². The molecule has 1 saturated heterocycles. The molecule has 1 aromatic heterocycles. The van der Waals surface area contributed by atoms with Gasteiger partial charge in [0, 0.05) is 32.7 Å². The zero-order valence-corrected chi connectivity index (χ0v) is 13.4. The molecule has 6 heteroatoms. The van der Waals surface area contributed by atoms with Crippen LogP contribution in [-0.2, 0) is 21.5 Å². The van der Waals surface area contributed by atoms with Gasteiger partial charge >= 0.3 is 0 Å². The first-order valence-electron chi connectivity index (χ1n) is 7.60. The summed E-state index contributed by atoms with van der Waals surface area (Å²) in [7, 11) is 0. The molecule has 1 aromatic rings. The highest BCUT2D eigenvalue weighted by atomic mass is 16.5. The minimum Gasteiger partial charge on any atom is -0.392 e. The number of hydrogen-bond acceptors (Lipinski definition) is 6. The molecule has 21 heavy (non-hydrogen) atoms. The average molecular weight is 298 g/mol. The molecule has 0 radical (unpaired) electrons. The molecule has 0 bridgehead atoms. The summed E-state index contributed by atoms with van der Waals surface area (Å²) in [5.41, 5.74) is -0.730. The fourth-order valence-electron chi connectivity index (χ4n) is 2.40. The van der Waals surface area contributed by atoms with Crippen molar-refractivity contribution in [1.29, 1.82) is 0 Å². The number of aromatic nitrogens is 2. The zero-order chi connectivity index (χ0) is 15.5. The normalized spacial score (nSPS) is 20.4. The van der Waals surface area contributed by atoms with Crippen molar-refractivity contribution in [2.24, 2.45) is 5.41 Å². The Bertz CT molecular complexity index is 441. The van der Waals surface area contributed by atoms with Gasteiger partial charge in [-0.05, 0) is 12.3 Å². The van der Waals surface area contributed by atoms with E-state index in [0.717, 1.165) is 12.8 Å². The van der Waals surface area contributed by atoms with E-state index in [-0.39, 0.29) is 5.41 Å². The summed E-state index contributed by atoms with van der Waals surface area (Å²) in [4.78, 5) is 4.46. The molecule has 0 aromatic carbocycles. The lowest BCUT2D eigenvalue weighted by atomic mass is 9.87. The molecular formula is C15H26N2O4. The third kappa shape index (κ3) is 3.81. The van der Waals surface area contributed by atoms with Gasteiger partial charge in [0.05, 0.1) is 12.5 Å². The van der Waals surface area contributed by atoms with Gasteiger partial charge in [0.2, 0.25) is 11.7 Å². The molecule has 0 amide bonds. The van der Waals surface area contributed by atoms with Crippen molar-refractivity contribution in [1.82, 2.24) is 10.1 Å². The van der Waals surface area contributed by atoms with Gasteiger partial charge in [0.1, 0.15) is 5.60 Å². The van der Waals surface area contributed by atoms with Crippen LogP contribution in [0.3, 0.4) is 0 Å². The Kier molecular flexibility index (Phi) is 5.01. The lowest BCUT2D eigenvalue weighted by Gasteiger charge is -2.33. The predicted molar refractivity (Wildman–Crippen MR) is 76.8 cm³/mol. The van der Waals surface area contributed by atoms with Gasteiger partial charge in [0.25, 0.3) is 0 Å². The smallest absolute Gasteiger partial charge is 0.229 e. The van der Waals surface area contributed by atoms with E-state index < -0.39 is 11.7 Å². The molecule has 6 nitrogen and oxygen atoms in total. The van der Waals surface area contributed by atoms with Crippen molar-refractivity contribution >= 4 is 0 Å². The van der Waals surface area contributed by atoms with Crippen LogP contribution in [0.15, 0.2) is 4.52 Å². The minimum atomic E-state index is -0.525. The van der Waals surface area contributed by atoms with Crippen LogP contribution in [0.25, 0.3) is 0 Å². The van der Waals surface area contributed by atoms with Gasteiger partial charge in [-0.25, -0.2) is 0 Å². The highest BCUT2D eigenvalue weighted by Gasteiger charge is 2.40. The van der Waals surface area contributed by atoms with Crippen LogP contribution in [0.4, 0.5) is 0 Å². The first-order valence-corrected chi connectivity index (χ1v) is 7.60. The maximum Gasteiger partial charge on any atom is 0.229 e. The number of aliphatic hydroxyl groups excluding tert-OH is 1. The Morgan fingerprint density at radius 2 is 2.00 bits per heavy atom. The topological polar surface area (TPSA) is 77.6 Å². The van der Waals surface area contributed by atoms with E-state index in [2.05, 4.69) is 10.1 Å². The van der Waals surface area contributed by atoms with Gasteiger partial charge in [-0.3, -0.25) is 0 Å². The first kappa shape index (κ1) is 16.4. The number of rotatable bonds is 5. The number of hydrogen-bond donors (Lipinski definition) is 1. The number of ether oxygens (including phenoxy) is 2. The summed E-state index contributed by atoms with van der Waals surface area (Å²) in [6, 6.07) is 0. The molecule has 120 valence electrons. The second-order valence-corrected chi connectivity index (χ2v) is 6.64. The Morgan fingerprint density at radius 3 is 2.57 bits per heavy atom. The molecule has 0 saturated carbocycles. The quantitative estimate of drug-likeness (QED) is 0.896. The van der Waals surface area contributed by atoms with E-state index in [9.17, 15) is 5.11 Å². The van der Waals surface area contributed by atoms with Crippen molar-refractivity contribution < 1.29 is 19.1 Å². The van der Waals surface area contributed by atoms with E-state index >= 15 is 0 Å². The third-order valence-electron chi connectivity index (χ3n) is 3.96. The number of nitrogens with zero attached hydrogens (tertiary/aromatic N) is 2. The third-order valence-corrected chi connectivity index (χ3v) is 3.96. The van der Waals surface area contributed by atoms with Crippen molar-refractivity contribution in [2.75, 3.05) is 19.8 Å². The van der Waals surface area contributed by atoms with E-state index in [0.29, 0.717) is 38.0 Å². The predicted octanol–water partition coefficient (Wildman–Crippen LogP) is 2.06. The fraction of sp³-hybridized carbons (Fsp3) is 0.867. The zero-order valence-electron chi connectivity index (χ0n) is 13.4. The van der Waals surface area contributed by atoms with E-state index in [1.165, 1.54) is 0 Å². The molecule has 2 heterocycles. The van der Waals surface area contributed by atoms with Crippen LogP contribution < -0.4 is 0 Å². The van der Waals surface area contributed by atoms with Crippen molar-refractivity contribution in [3.05, 3.63) is 11.7 Å². The molecule has 0 spiro atoms. The largest absolute Gasteiger partial charge is 0.392 e. The Hall–Kier alpha value is -0.980. The van der Waals surface area contributed by atoms with Crippen LogP contribution in [-0.4, -0.2) is 41.2 Å². The number of aliphatic hydroxyl groups is 1. The van der Waals surface area contributed by atoms with Crippen molar-refractivity contribution in [2.45, 2.75) is 58.7 Å². The lowest BCUT2D eigenvalue weighted by Crippen LogP contribution is -2.37. The molecular weight excluding hydrogens is 272 g/mol. The van der Waals surface area contributed by atoms with E-state index in [1.807, 2.05) is 27.7 Å². The fourth-order valence-corrected chi connectivity index (χ4v) is 2.40. The molecule has 1 aliphatic rings. The first-order chi connectivity index (χ1) is 9.87. The average Bonchev–Trinajstić information content (AvgIpc) is 2.88. The molecule has 1 unspecified atom stereocenters. The second-order valence-electron chi connectivity index (χ2n) is 6.64. The molecule has 2 rings (SSSR count). The highest BCUT2D eigenvalue weighted by molar-refractivity contribution is 5.04. The SMILES string of the molecule is CCOC1(c2noc(CC(O)C(C)(C)C)n2)CCOCC1. The summed E-state index contributed by atoms with van der Waals surface area (Å²) >= 11 is 0. The van der Waals surface area contributed by atoms with Gasteiger partial charge < -0.3 is 19.1 Å². The summed E-state index contributed by atoms with van der Waals surface area (Å²) in [6.07, 6.45) is 1.28. The Morgan fingerprint density at radius 1 is 1.33 bits per heavy atom. The van der Waals surface area contributed by atoms with Crippen LogP contribution in [0.2, 0.25) is 0 Å². The maximum absolute atomic E-state index is 10.1. The maximum atomic E-state index is 10.1. The molecule has 1 N–H and O–H groups in total. The van der Waals surface area contributed by atoms with Crippen molar-refractivity contribution in [3.8, 4) is 0 Å². The Balaban J connectivity index is 2.13. The molecule has 1 aliphatic heterocycles. The van der Waals surface area contributed by atoms with Gasteiger partial charge in [0.15, 0.2) is 0 Å². The Labute approximate surface area is 125 Å². The van der Waals surface area contributed by atoms with Crippen LogP contribution in [0.5, 0.6) is 0 Å². The second kappa shape index (κ2) is 6.42. The van der Waals surface area contributed by atoms with Gasteiger partial charge in [-0.15, -0.1) is 0 Å². The monoisotopic (exact) mass is 298 g/mol. The van der Waals surface area contributed by atoms with Gasteiger partial charge in [-0.1, -0.05) is 25.9 Å². The molecule has 1 fully saturated rings. The van der Waals surface area contributed by atoms with E-state index in [1.54, 1.807) is 0 Å². The van der Waals surface area contributed by atoms with Crippen LogP contribution in [0.1, 0.15) is 52.3 Å². The molecule has 0 aliphatic carbocycles.